The molecule has 0 amide bonds. The molecule has 0 bridgehead atoms. The summed E-state index contributed by atoms with van der Waals surface area (Å²) in [5.74, 6) is 0. The van der Waals surface area contributed by atoms with Crippen molar-refractivity contribution in [2.24, 2.45) is 0 Å². The Bertz CT molecular complexity index is 142. The van der Waals surface area contributed by atoms with Crippen molar-refractivity contribution in [1.82, 2.24) is 9.21 Å². The predicted molar refractivity (Wildman–Crippen MR) is 54.3 cm³/mol. The summed E-state index contributed by atoms with van der Waals surface area (Å²) in [4.78, 5) is 2.27. The smallest absolute Gasteiger partial charge is 0.288 e. The lowest BCUT2D eigenvalue weighted by Gasteiger charge is -2.31. The Labute approximate surface area is 83.7 Å². The van der Waals surface area contributed by atoms with Crippen molar-refractivity contribution in [3.05, 3.63) is 0 Å². The fourth-order valence-corrected chi connectivity index (χ4v) is 3.07. The molecule has 0 aromatic carbocycles. The third kappa shape index (κ3) is 4.08. The normalized spacial score (nSPS) is 23.3. The summed E-state index contributed by atoms with van der Waals surface area (Å²) in [7, 11) is 2.42. The number of rotatable bonds is 4. The van der Waals surface area contributed by atoms with E-state index in [1.54, 1.807) is 0 Å². The van der Waals surface area contributed by atoms with Crippen LogP contribution < -0.4 is 0 Å². The Morgan fingerprint density at radius 1 is 1.31 bits per heavy atom. The molecule has 1 atom stereocenters. The maximum absolute atomic E-state index is 8.45. The van der Waals surface area contributed by atoms with Gasteiger partial charge in [0.1, 0.15) is 0 Å². The fraction of sp³-hybridized carbons (Fsp3) is 1.00. The van der Waals surface area contributed by atoms with Gasteiger partial charge in [-0.3, -0.25) is 0 Å². The first-order chi connectivity index (χ1) is 6.26. The Morgan fingerprint density at radius 2 is 1.92 bits per heavy atom. The minimum absolute atomic E-state index is 0.979. The summed E-state index contributed by atoms with van der Waals surface area (Å²) in [6, 6.07) is 0. The van der Waals surface area contributed by atoms with Crippen LogP contribution in [0.4, 0.5) is 0 Å². The van der Waals surface area contributed by atoms with Crippen LogP contribution in [0.3, 0.4) is 0 Å². The van der Waals surface area contributed by atoms with Crippen molar-refractivity contribution in [2.75, 3.05) is 40.3 Å². The molecule has 1 N–H and O–H groups in total. The van der Waals surface area contributed by atoms with E-state index in [4.69, 9.17) is 9.78 Å². The predicted octanol–water partition coefficient (Wildman–Crippen LogP) is 1.24. The van der Waals surface area contributed by atoms with Crippen molar-refractivity contribution in [3.63, 3.8) is 0 Å². The average Bonchev–Trinajstić information content (AvgIpc) is 2.17. The van der Waals surface area contributed by atoms with Crippen LogP contribution in [0.1, 0.15) is 0 Å². The standard InChI is InChI=1S/C6H15N2O3PS/c1-7-3-5-8(6-4-7)13-12(10-2)11-9/h9H,3-6H2,1-2H3. The lowest BCUT2D eigenvalue weighted by Crippen LogP contribution is -2.40. The number of piperazine rings is 1. The number of hydrogen-bond acceptors (Lipinski definition) is 6. The van der Waals surface area contributed by atoms with Gasteiger partial charge < -0.3 is 9.42 Å². The molecule has 1 saturated heterocycles. The second-order valence-electron chi connectivity index (χ2n) is 2.80. The lowest BCUT2D eigenvalue weighted by atomic mass is 10.4. The summed E-state index contributed by atoms with van der Waals surface area (Å²) in [6.07, 6.45) is 0. The highest BCUT2D eigenvalue weighted by molar-refractivity contribution is 8.51. The third-order valence-corrected chi connectivity index (χ3v) is 4.76. The van der Waals surface area contributed by atoms with Crippen LogP contribution in [0.15, 0.2) is 0 Å². The van der Waals surface area contributed by atoms with E-state index in [1.165, 1.54) is 18.7 Å². The molecule has 0 aromatic heterocycles. The third-order valence-electron chi connectivity index (χ3n) is 1.86. The van der Waals surface area contributed by atoms with Crippen LogP contribution in [0.2, 0.25) is 0 Å². The summed E-state index contributed by atoms with van der Waals surface area (Å²) in [5, 5.41) is 8.45. The molecule has 1 aliphatic heterocycles. The summed E-state index contributed by atoms with van der Waals surface area (Å²) < 4.78 is 11.3. The Morgan fingerprint density at radius 3 is 2.38 bits per heavy atom. The van der Waals surface area contributed by atoms with Crippen LogP contribution in [-0.4, -0.2) is 54.8 Å². The van der Waals surface area contributed by atoms with Crippen LogP contribution >= 0.6 is 19.1 Å². The van der Waals surface area contributed by atoms with Gasteiger partial charge in [-0.2, -0.15) is 4.67 Å². The summed E-state index contributed by atoms with van der Waals surface area (Å²) in [5.41, 5.74) is 0. The Hall–Kier alpha value is 0.580. The zero-order valence-corrected chi connectivity index (χ0v) is 9.55. The largest absolute Gasteiger partial charge is 0.327 e. The van der Waals surface area contributed by atoms with Gasteiger partial charge in [0.2, 0.25) is 0 Å². The van der Waals surface area contributed by atoms with Crippen LogP contribution in [-0.2, 0) is 9.20 Å². The van der Waals surface area contributed by atoms with E-state index in [-0.39, 0.29) is 0 Å². The van der Waals surface area contributed by atoms with E-state index in [0.717, 1.165) is 26.2 Å². The van der Waals surface area contributed by atoms with Gasteiger partial charge in [0.15, 0.2) is 0 Å². The van der Waals surface area contributed by atoms with Gasteiger partial charge in [0.25, 0.3) is 7.58 Å². The maximum Gasteiger partial charge on any atom is 0.288 e. The van der Waals surface area contributed by atoms with Gasteiger partial charge in [0.05, 0.1) is 0 Å². The van der Waals surface area contributed by atoms with Crippen molar-refractivity contribution >= 4 is 19.1 Å². The highest BCUT2D eigenvalue weighted by Crippen LogP contribution is 2.51. The van der Waals surface area contributed by atoms with E-state index in [9.17, 15) is 0 Å². The number of nitrogens with zero attached hydrogens (tertiary/aromatic N) is 2. The average molecular weight is 226 g/mol. The van der Waals surface area contributed by atoms with Crippen molar-refractivity contribution < 1.29 is 14.5 Å². The van der Waals surface area contributed by atoms with Crippen LogP contribution in [0.5, 0.6) is 0 Å². The molecule has 1 aliphatic rings. The maximum atomic E-state index is 8.45. The highest BCUT2D eigenvalue weighted by atomic mass is 32.7. The van der Waals surface area contributed by atoms with Gasteiger partial charge in [-0.1, -0.05) is 0 Å². The molecule has 1 unspecified atom stereocenters. The first-order valence-corrected chi connectivity index (χ1v) is 6.59. The molecule has 1 rings (SSSR count). The SMILES string of the molecule is COP(OO)SN1CCN(C)CC1. The monoisotopic (exact) mass is 226 g/mol. The quantitative estimate of drug-likeness (QED) is 0.337. The van der Waals surface area contributed by atoms with Crippen molar-refractivity contribution in [1.29, 1.82) is 0 Å². The molecule has 0 saturated carbocycles. The Kier molecular flexibility index (Phi) is 5.50. The van der Waals surface area contributed by atoms with Crippen molar-refractivity contribution in [2.45, 2.75) is 0 Å². The first-order valence-electron chi connectivity index (χ1n) is 4.03. The minimum atomic E-state index is -1.21. The molecule has 5 nitrogen and oxygen atoms in total. The van der Waals surface area contributed by atoms with E-state index in [0.29, 0.717) is 0 Å². The minimum Gasteiger partial charge on any atom is -0.327 e. The van der Waals surface area contributed by atoms with Crippen LogP contribution in [0, 0.1) is 0 Å². The van der Waals surface area contributed by atoms with Crippen LogP contribution in [0.25, 0.3) is 0 Å². The number of likely N-dealkylation sites (N-methyl/N-ethyl adjacent to an activating group) is 1. The second-order valence-corrected chi connectivity index (χ2v) is 5.84. The first kappa shape index (κ1) is 11.7. The number of hydrogen-bond donors (Lipinski definition) is 1. The second kappa shape index (κ2) is 6.14. The molecular formula is C6H15N2O3PS. The van der Waals surface area contributed by atoms with E-state index in [2.05, 4.69) is 20.9 Å². The summed E-state index contributed by atoms with van der Waals surface area (Å²) >= 11 is 1.44. The van der Waals surface area contributed by atoms with Crippen molar-refractivity contribution in [3.8, 4) is 0 Å². The fourth-order valence-electron chi connectivity index (χ4n) is 1.05. The molecule has 1 fully saturated rings. The zero-order chi connectivity index (χ0) is 9.68. The molecule has 0 radical (unpaired) electrons. The molecule has 1 heterocycles. The molecular weight excluding hydrogens is 211 g/mol. The van der Waals surface area contributed by atoms with Gasteiger partial charge >= 0.3 is 0 Å². The van der Waals surface area contributed by atoms with Gasteiger partial charge in [-0.05, 0) is 7.05 Å². The van der Waals surface area contributed by atoms with E-state index >= 15 is 0 Å². The van der Waals surface area contributed by atoms with E-state index in [1.807, 2.05) is 0 Å². The van der Waals surface area contributed by atoms with E-state index < -0.39 is 7.58 Å². The Balaban J connectivity index is 2.21. The molecule has 7 heteroatoms. The summed E-state index contributed by atoms with van der Waals surface area (Å²) in [6.45, 7) is 4.05. The molecule has 0 aromatic rings. The van der Waals surface area contributed by atoms with Gasteiger partial charge in [0, 0.05) is 44.9 Å². The highest BCUT2D eigenvalue weighted by Gasteiger charge is 2.20. The molecule has 0 aliphatic carbocycles. The van der Waals surface area contributed by atoms with Gasteiger partial charge in [-0.25, -0.2) is 9.56 Å². The molecule has 0 spiro atoms. The molecule has 13 heavy (non-hydrogen) atoms. The van der Waals surface area contributed by atoms with Gasteiger partial charge in [-0.15, -0.1) is 0 Å². The zero-order valence-electron chi connectivity index (χ0n) is 7.84. The lowest BCUT2D eigenvalue weighted by molar-refractivity contribution is -0.133. The molecule has 78 valence electrons. The topological polar surface area (TPSA) is 45.2 Å².